The summed E-state index contributed by atoms with van der Waals surface area (Å²) in [6.07, 6.45) is 1.92. The van der Waals surface area contributed by atoms with Gasteiger partial charge in [-0.05, 0) is 28.5 Å². The zero-order valence-electron chi connectivity index (χ0n) is 8.59. The molecule has 2 aromatic heterocycles. The summed E-state index contributed by atoms with van der Waals surface area (Å²) in [5, 5.41) is 4.32. The molecule has 0 fully saturated rings. The van der Waals surface area contributed by atoms with Crippen LogP contribution in [0.1, 0.15) is 11.8 Å². The van der Waals surface area contributed by atoms with Crippen molar-refractivity contribution in [3.05, 3.63) is 25.9 Å². The Labute approximate surface area is 116 Å². The normalized spacial score (nSPS) is 10.9. The Morgan fingerprint density at radius 3 is 2.94 bits per heavy atom. The second kappa shape index (κ2) is 5.60. The number of rotatable bonds is 4. The molecule has 0 bridgehead atoms. The van der Waals surface area contributed by atoms with Gasteiger partial charge in [-0.1, -0.05) is 18.5 Å². The molecular weight excluding hydrogens is 328 g/mol. The van der Waals surface area contributed by atoms with Crippen LogP contribution in [0.4, 0.5) is 0 Å². The fraction of sp³-hybridized carbons (Fsp3) is 0.300. The van der Waals surface area contributed by atoms with Gasteiger partial charge in [0.25, 0.3) is 0 Å². The lowest BCUT2D eigenvalue weighted by molar-refractivity contribution is 0.734. The van der Waals surface area contributed by atoms with E-state index in [0.29, 0.717) is 0 Å². The van der Waals surface area contributed by atoms with Crippen molar-refractivity contribution in [3.63, 3.8) is 0 Å². The number of halogens is 2. The zero-order valence-corrected chi connectivity index (χ0v) is 12.6. The van der Waals surface area contributed by atoms with Crippen molar-refractivity contribution in [3.8, 4) is 9.88 Å². The van der Waals surface area contributed by atoms with Crippen LogP contribution in [0, 0.1) is 0 Å². The van der Waals surface area contributed by atoms with E-state index in [1.165, 1.54) is 4.88 Å². The highest BCUT2D eigenvalue weighted by molar-refractivity contribution is 9.10. The lowest BCUT2D eigenvalue weighted by atomic mass is 10.5. The van der Waals surface area contributed by atoms with Crippen LogP contribution in [-0.2, 0) is 6.54 Å². The van der Waals surface area contributed by atoms with Gasteiger partial charge in [0.05, 0.1) is 4.88 Å². The fourth-order valence-electron chi connectivity index (χ4n) is 1.20. The first kappa shape index (κ1) is 12.5. The molecule has 0 radical (unpaired) electrons. The van der Waals surface area contributed by atoms with E-state index < -0.39 is 0 Å². The highest BCUT2D eigenvalue weighted by Crippen LogP contribution is 2.39. The van der Waals surface area contributed by atoms with Gasteiger partial charge in [-0.2, -0.15) is 0 Å². The minimum Gasteiger partial charge on any atom is -0.312 e. The van der Waals surface area contributed by atoms with E-state index in [9.17, 15) is 0 Å². The molecule has 0 aromatic carbocycles. The Morgan fingerprint density at radius 1 is 1.50 bits per heavy atom. The summed E-state index contributed by atoms with van der Waals surface area (Å²) in [5.41, 5.74) is 0. The average Bonchev–Trinajstić information content (AvgIpc) is 2.84. The molecule has 0 spiro atoms. The molecule has 0 aliphatic carbocycles. The summed E-state index contributed by atoms with van der Waals surface area (Å²) in [4.78, 5) is 6.77. The first-order valence-electron chi connectivity index (χ1n) is 4.81. The van der Waals surface area contributed by atoms with Gasteiger partial charge >= 0.3 is 0 Å². The van der Waals surface area contributed by atoms with Crippen LogP contribution in [0.2, 0.25) is 4.34 Å². The topological polar surface area (TPSA) is 24.9 Å². The van der Waals surface area contributed by atoms with Crippen molar-refractivity contribution < 1.29 is 0 Å². The van der Waals surface area contributed by atoms with Crippen molar-refractivity contribution in [1.82, 2.24) is 10.3 Å². The molecule has 0 aliphatic heterocycles. The van der Waals surface area contributed by atoms with E-state index in [4.69, 9.17) is 11.6 Å². The number of thiophene rings is 1. The number of nitrogens with zero attached hydrogens (tertiary/aromatic N) is 1. The van der Waals surface area contributed by atoms with Crippen LogP contribution < -0.4 is 5.32 Å². The number of nitrogens with one attached hydrogen (secondary N) is 1. The van der Waals surface area contributed by atoms with E-state index in [1.54, 1.807) is 22.7 Å². The molecule has 86 valence electrons. The molecule has 0 unspecified atom stereocenters. The largest absolute Gasteiger partial charge is 0.312 e. The Balaban J connectivity index is 2.18. The molecular formula is C10H10BrClN2S2. The zero-order chi connectivity index (χ0) is 11.5. The molecule has 16 heavy (non-hydrogen) atoms. The SMILES string of the molecule is CCNCc1cnc(-c2cc(Br)c(Cl)s2)s1. The first-order valence-corrected chi connectivity index (χ1v) is 7.61. The van der Waals surface area contributed by atoms with Gasteiger partial charge in [0.2, 0.25) is 0 Å². The molecule has 2 aromatic rings. The van der Waals surface area contributed by atoms with E-state index >= 15 is 0 Å². The predicted molar refractivity (Wildman–Crippen MR) is 75.5 cm³/mol. The molecule has 0 atom stereocenters. The Kier molecular flexibility index (Phi) is 4.38. The Bertz CT molecular complexity index is 461. The maximum absolute atomic E-state index is 6.01. The third-order valence-electron chi connectivity index (χ3n) is 1.96. The van der Waals surface area contributed by atoms with Crippen LogP contribution in [-0.4, -0.2) is 11.5 Å². The molecule has 0 amide bonds. The summed E-state index contributed by atoms with van der Waals surface area (Å²) < 4.78 is 1.72. The summed E-state index contributed by atoms with van der Waals surface area (Å²) in [5.74, 6) is 0. The molecule has 2 nitrogen and oxygen atoms in total. The molecule has 6 heteroatoms. The predicted octanol–water partition coefficient (Wildman–Crippen LogP) is 4.40. The highest BCUT2D eigenvalue weighted by atomic mass is 79.9. The molecule has 0 aliphatic rings. The Hall–Kier alpha value is 0.0600. The van der Waals surface area contributed by atoms with Crippen LogP contribution in [0.3, 0.4) is 0 Å². The van der Waals surface area contributed by atoms with E-state index in [2.05, 4.69) is 33.2 Å². The smallest absolute Gasteiger partial charge is 0.133 e. The Morgan fingerprint density at radius 2 is 2.31 bits per heavy atom. The van der Waals surface area contributed by atoms with Gasteiger partial charge in [-0.3, -0.25) is 0 Å². The van der Waals surface area contributed by atoms with Gasteiger partial charge in [-0.15, -0.1) is 22.7 Å². The van der Waals surface area contributed by atoms with Crippen molar-refractivity contribution in [2.24, 2.45) is 0 Å². The molecule has 2 heterocycles. The molecule has 0 saturated heterocycles. The number of hydrogen-bond donors (Lipinski definition) is 1. The van der Waals surface area contributed by atoms with Gasteiger partial charge in [0.15, 0.2) is 0 Å². The first-order chi connectivity index (χ1) is 7.70. The van der Waals surface area contributed by atoms with Gasteiger partial charge in [0, 0.05) is 22.1 Å². The van der Waals surface area contributed by atoms with Crippen molar-refractivity contribution in [1.29, 1.82) is 0 Å². The van der Waals surface area contributed by atoms with Gasteiger partial charge in [-0.25, -0.2) is 4.98 Å². The number of hydrogen-bond acceptors (Lipinski definition) is 4. The van der Waals surface area contributed by atoms with Gasteiger partial charge in [0.1, 0.15) is 9.34 Å². The van der Waals surface area contributed by atoms with E-state index in [0.717, 1.165) is 31.8 Å². The van der Waals surface area contributed by atoms with Crippen LogP contribution >= 0.6 is 50.2 Å². The van der Waals surface area contributed by atoms with E-state index in [-0.39, 0.29) is 0 Å². The van der Waals surface area contributed by atoms with Crippen molar-refractivity contribution in [2.45, 2.75) is 13.5 Å². The average molecular weight is 338 g/mol. The van der Waals surface area contributed by atoms with Crippen LogP contribution in [0.25, 0.3) is 9.88 Å². The van der Waals surface area contributed by atoms with Crippen molar-refractivity contribution >= 4 is 50.2 Å². The maximum Gasteiger partial charge on any atom is 0.133 e. The summed E-state index contributed by atoms with van der Waals surface area (Å²) in [6, 6.07) is 2.02. The second-order valence-corrected chi connectivity index (χ2v) is 6.77. The summed E-state index contributed by atoms with van der Waals surface area (Å²) in [7, 11) is 0. The lowest BCUT2D eigenvalue weighted by Gasteiger charge is -1.94. The number of thiazole rings is 1. The third kappa shape index (κ3) is 2.84. The third-order valence-corrected chi connectivity index (χ3v) is 5.60. The van der Waals surface area contributed by atoms with E-state index in [1.807, 2.05) is 12.3 Å². The second-order valence-electron chi connectivity index (χ2n) is 3.14. The van der Waals surface area contributed by atoms with Crippen molar-refractivity contribution in [2.75, 3.05) is 6.54 Å². The summed E-state index contributed by atoms with van der Waals surface area (Å²) in [6.45, 7) is 3.95. The maximum atomic E-state index is 6.01. The van der Waals surface area contributed by atoms with Crippen LogP contribution in [0.15, 0.2) is 16.7 Å². The fourth-order valence-corrected chi connectivity index (χ4v) is 3.84. The minimum absolute atomic E-state index is 0.776. The van der Waals surface area contributed by atoms with Gasteiger partial charge < -0.3 is 5.32 Å². The standard InChI is InChI=1S/C10H10BrClN2S2/c1-2-13-4-6-5-14-10(15-6)8-3-7(11)9(12)16-8/h3,5,13H,2,4H2,1H3. The molecule has 0 saturated carbocycles. The summed E-state index contributed by atoms with van der Waals surface area (Å²) >= 11 is 12.7. The monoisotopic (exact) mass is 336 g/mol. The number of aromatic nitrogens is 1. The highest BCUT2D eigenvalue weighted by Gasteiger charge is 2.10. The molecule has 1 N–H and O–H groups in total. The lowest BCUT2D eigenvalue weighted by Crippen LogP contribution is -2.10. The molecule has 2 rings (SSSR count). The minimum atomic E-state index is 0.776. The quantitative estimate of drug-likeness (QED) is 0.894. The van der Waals surface area contributed by atoms with Crippen LogP contribution in [0.5, 0.6) is 0 Å².